The molecule has 1 heterocycles. The molecule has 0 fully saturated rings. The van der Waals surface area contributed by atoms with Crippen molar-refractivity contribution in [1.82, 2.24) is 10.6 Å². The average molecular weight is 166 g/mol. The van der Waals surface area contributed by atoms with Crippen LogP contribution in [0.4, 0.5) is 0 Å². The van der Waals surface area contributed by atoms with E-state index in [1.54, 1.807) is 0 Å². The molecule has 1 rings (SSSR count). The maximum absolute atomic E-state index is 11.3. The molecule has 0 aromatic rings. The van der Waals surface area contributed by atoms with Crippen molar-refractivity contribution in [3.63, 3.8) is 0 Å². The summed E-state index contributed by atoms with van der Waals surface area (Å²) in [6.07, 6.45) is 6.48. The smallest absolute Gasteiger partial charge is 0.249 e. The number of hydrogen-bond acceptors (Lipinski definition) is 2. The number of dihydropyridines is 1. The number of carbonyl (C=O) groups excluding carboxylic acids is 1. The Bertz CT molecular complexity index is 219. The summed E-state index contributed by atoms with van der Waals surface area (Å²) in [5.41, 5.74) is 0.797. The number of nitrogens with one attached hydrogen (secondary N) is 2. The van der Waals surface area contributed by atoms with Crippen LogP contribution in [0.1, 0.15) is 13.3 Å². The minimum Gasteiger partial charge on any atom is -0.387 e. The lowest BCUT2D eigenvalue weighted by Gasteiger charge is -2.10. The Labute approximate surface area is 72.5 Å². The van der Waals surface area contributed by atoms with Crippen LogP contribution in [0.15, 0.2) is 23.9 Å². The molecule has 3 nitrogen and oxygen atoms in total. The summed E-state index contributed by atoms with van der Waals surface area (Å²) >= 11 is 0. The maximum atomic E-state index is 11.3. The van der Waals surface area contributed by atoms with Crippen molar-refractivity contribution in [1.29, 1.82) is 0 Å². The van der Waals surface area contributed by atoms with Gasteiger partial charge < -0.3 is 10.6 Å². The summed E-state index contributed by atoms with van der Waals surface area (Å²) in [6, 6.07) is 0. The first-order valence-corrected chi connectivity index (χ1v) is 4.22. The molecule has 0 spiro atoms. The van der Waals surface area contributed by atoms with Crippen LogP contribution in [0.3, 0.4) is 0 Å². The SMILES string of the molecule is CCCNC(=O)C1=CC=CNC1. The summed E-state index contributed by atoms with van der Waals surface area (Å²) in [6.45, 7) is 3.42. The zero-order chi connectivity index (χ0) is 8.81. The molecule has 0 bridgehead atoms. The zero-order valence-corrected chi connectivity index (χ0v) is 7.26. The molecule has 12 heavy (non-hydrogen) atoms. The van der Waals surface area contributed by atoms with Crippen molar-refractivity contribution in [3.05, 3.63) is 23.9 Å². The van der Waals surface area contributed by atoms with Crippen LogP contribution in [-0.2, 0) is 4.79 Å². The van der Waals surface area contributed by atoms with Crippen LogP contribution in [0.2, 0.25) is 0 Å². The second-order valence-electron chi connectivity index (χ2n) is 2.69. The summed E-state index contributed by atoms with van der Waals surface area (Å²) in [4.78, 5) is 11.3. The van der Waals surface area contributed by atoms with Gasteiger partial charge in [-0.15, -0.1) is 0 Å². The van der Waals surface area contributed by atoms with E-state index < -0.39 is 0 Å². The topological polar surface area (TPSA) is 41.1 Å². The highest BCUT2D eigenvalue weighted by atomic mass is 16.1. The van der Waals surface area contributed by atoms with Crippen molar-refractivity contribution in [2.24, 2.45) is 0 Å². The molecule has 0 unspecified atom stereocenters. The fourth-order valence-electron chi connectivity index (χ4n) is 0.968. The van der Waals surface area contributed by atoms with E-state index >= 15 is 0 Å². The Kier molecular flexibility index (Phi) is 3.38. The van der Waals surface area contributed by atoms with Gasteiger partial charge in [-0.05, 0) is 18.7 Å². The quantitative estimate of drug-likeness (QED) is 0.643. The van der Waals surface area contributed by atoms with Crippen molar-refractivity contribution < 1.29 is 4.79 Å². The van der Waals surface area contributed by atoms with Crippen LogP contribution in [0, 0.1) is 0 Å². The number of carbonyl (C=O) groups is 1. The number of rotatable bonds is 3. The molecule has 0 saturated heterocycles. The van der Waals surface area contributed by atoms with E-state index in [0.29, 0.717) is 6.54 Å². The minimum absolute atomic E-state index is 0.0358. The van der Waals surface area contributed by atoms with E-state index in [9.17, 15) is 4.79 Å². The van der Waals surface area contributed by atoms with E-state index in [1.807, 2.05) is 25.3 Å². The van der Waals surface area contributed by atoms with E-state index in [1.165, 1.54) is 0 Å². The van der Waals surface area contributed by atoms with Crippen molar-refractivity contribution >= 4 is 5.91 Å². The van der Waals surface area contributed by atoms with Gasteiger partial charge >= 0.3 is 0 Å². The summed E-state index contributed by atoms with van der Waals surface area (Å²) in [5, 5.41) is 5.80. The van der Waals surface area contributed by atoms with Crippen LogP contribution < -0.4 is 10.6 Å². The Morgan fingerprint density at radius 1 is 1.75 bits per heavy atom. The molecule has 0 aromatic heterocycles. The molecule has 0 saturated carbocycles. The highest BCUT2D eigenvalue weighted by Gasteiger charge is 2.07. The molecule has 0 aliphatic carbocycles. The van der Waals surface area contributed by atoms with Gasteiger partial charge in [0.1, 0.15) is 0 Å². The third kappa shape index (κ3) is 2.42. The van der Waals surface area contributed by atoms with E-state index in [-0.39, 0.29) is 5.91 Å². The minimum atomic E-state index is 0.0358. The van der Waals surface area contributed by atoms with Crippen molar-refractivity contribution in [2.75, 3.05) is 13.1 Å². The Hall–Kier alpha value is -1.25. The first-order valence-electron chi connectivity index (χ1n) is 4.22. The van der Waals surface area contributed by atoms with Crippen molar-refractivity contribution in [3.8, 4) is 0 Å². The van der Waals surface area contributed by atoms with E-state index in [0.717, 1.165) is 18.5 Å². The van der Waals surface area contributed by atoms with Gasteiger partial charge in [0.05, 0.1) is 0 Å². The molecule has 1 amide bonds. The summed E-state index contributed by atoms with van der Waals surface area (Å²) < 4.78 is 0. The lowest BCUT2D eigenvalue weighted by atomic mass is 10.2. The van der Waals surface area contributed by atoms with Gasteiger partial charge in [-0.1, -0.05) is 13.0 Å². The lowest BCUT2D eigenvalue weighted by molar-refractivity contribution is -0.117. The van der Waals surface area contributed by atoms with Gasteiger partial charge in [0.15, 0.2) is 0 Å². The first-order chi connectivity index (χ1) is 5.84. The van der Waals surface area contributed by atoms with Crippen LogP contribution >= 0.6 is 0 Å². The standard InChI is InChI=1S/C9H14N2O/c1-2-5-11-9(12)8-4-3-6-10-7-8/h3-4,6,10H,2,5,7H2,1H3,(H,11,12). The maximum Gasteiger partial charge on any atom is 0.249 e. The predicted molar refractivity (Wildman–Crippen MR) is 48.5 cm³/mol. The van der Waals surface area contributed by atoms with Crippen molar-refractivity contribution in [2.45, 2.75) is 13.3 Å². The summed E-state index contributed by atoms with van der Waals surface area (Å²) in [7, 11) is 0. The molecule has 0 radical (unpaired) electrons. The fraction of sp³-hybridized carbons (Fsp3) is 0.444. The molecule has 2 N–H and O–H groups in total. The third-order valence-electron chi connectivity index (χ3n) is 1.63. The molecular formula is C9H14N2O. The fourth-order valence-corrected chi connectivity index (χ4v) is 0.968. The van der Waals surface area contributed by atoms with E-state index in [4.69, 9.17) is 0 Å². The third-order valence-corrected chi connectivity index (χ3v) is 1.63. The van der Waals surface area contributed by atoms with Gasteiger partial charge in [-0.3, -0.25) is 4.79 Å². The average Bonchev–Trinajstić information content (AvgIpc) is 2.15. The molecule has 0 atom stereocenters. The molecule has 0 aromatic carbocycles. The highest BCUT2D eigenvalue weighted by molar-refractivity contribution is 5.94. The van der Waals surface area contributed by atoms with Gasteiger partial charge in [0.2, 0.25) is 5.91 Å². The number of hydrogen-bond donors (Lipinski definition) is 2. The Morgan fingerprint density at radius 2 is 2.58 bits per heavy atom. The van der Waals surface area contributed by atoms with Crippen LogP contribution in [0.25, 0.3) is 0 Å². The largest absolute Gasteiger partial charge is 0.387 e. The van der Waals surface area contributed by atoms with E-state index in [2.05, 4.69) is 10.6 Å². The monoisotopic (exact) mass is 166 g/mol. The molecule has 1 aliphatic heterocycles. The molecule has 3 heteroatoms. The van der Waals surface area contributed by atoms with Crippen LogP contribution in [-0.4, -0.2) is 19.0 Å². The summed E-state index contributed by atoms with van der Waals surface area (Å²) in [5.74, 6) is 0.0358. The molecular weight excluding hydrogens is 152 g/mol. The zero-order valence-electron chi connectivity index (χ0n) is 7.26. The molecule has 66 valence electrons. The Morgan fingerprint density at radius 3 is 3.17 bits per heavy atom. The normalized spacial score (nSPS) is 14.9. The number of allylic oxidation sites excluding steroid dienone is 2. The lowest BCUT2D eigenvalue weighted by Crippen LogP contribution is -2.30. The predicted octanol–water partition coefficient (Wildman–Crippen LogP) is 0.556. The first kappa shape index (κ1) is 8.84. The van der Waals surface area contributed by atoms with Crippen LogP contribution in [0.5, 0.6) is 0 Å². The second-order valence-corrected chi connectivity index (χ2v) is 2.69. The molecule has 1 aliphatic rings. The second kappa shape index (κ2) is 4.59. The highest BCUT2D eigenvalue weighted by Crippen LogP contribution is 1.97. The van der Waals surface area contributed by atoms with Gasteiger partial charge in [-0.2, -0.15) is 0 Å². The van der Waals surface area contributed by atoms with Gasteiger partial charge in [0, 0.05) is 18.7 Å². The van der Waals surface area contributed by atoms with Gasteiger partial charge in [0.25, 0.3) is 0 Å². The van der Waals surface area contributed by atoms with Gasteiger partial charge in [-0.25, -0.2) is 0 Å². The Balaban J connectivity index is 2.40. The number of amides is 1.